The van der Waals surface area contributed by atoms with E-state index in [9.17, 15) is 9.18 Å². The summed E-state index contributed by atoms with van der Waals surface area (Å²) in [4.78, 5) is 15.8. The highest BCUT2D eigenvalue weighted by atomic mass is 32.2. The van der Waals surface area contributed by atoms with Crippen LogP contribution in [-0.4, -0.2) is 16.1 Å². The molecular formula is C12H12FN3O2S. The van der Waals surface area contributed by atoms with Crippen molar-refractivity contribution in [1.82, 2.24) is 4.98 Å². The third-order valence-electron chi connectivity index (χ3n) is 2.32. The molecular weight excluding hydrogens is 269 g/mol. The van der Waals surface area contributed by atoms with E-state index in [1.165, 1.54) is 42.4 Å². The molecule has 1 aromatic carbocycles. The quantitative estimate of drug-likeness (QED) is 0.664. The Morgan fingerprint density at radius 3 is 3.00 bits per heavy atom. The van der Waals surface area contributed by atoms with Crippen molar-refractivity contribution in [2.24, 2.45) is 0 Å². The highest BCUT2D eigenvalue weighted by Crippen LogP contribution is 2.23. The summed E-state index contributed by atoms with van der Waals surface area (Å²) in [6.45, 7) is 1.72. The molecule has 3 N–H and O–H groups in total. The molecule has 0 aliphatic rings. The smallest absolute Gasteiger partial charge is 0.256 e. The minimum absolute atomic E-state index is 0.00851. The standard InChI is InChI=1S/C12H12FN3O2S/c1-7(19-12-15-4-5-18-12)11(17)16-8-2-3-9(13)10(14)6-8/h2-7H,14H2,1H3,(H,16,17). The van der Waals surface area contributed by atoms with Crippen LogP contribution in [0.25, 0.3) is 0 Å². The van der Waals surface area contributed by atoms with Gasteiger partial charge >= 0.3 is 0 Å². The maximum absolute atomic E-state index is 13.0. The number of rotatable bonds is 4. The lowest BCUT2D eigenvalue weighted by atomic mass is 10.2. The lowest BCUT2D eigenvalue weighted by Crippen LogP contribution is -2.22. The fourth-order valence-electron chi connectivity index (χ4n) is 1.34. The van der Waals surface area contributed by atoms with E-state index < -0.39 is 11.1 Å². The topological polar surface area (TPSA) is 81.2 Å². The number of nitrogen functional groups attached to an aromatic ring is 1. The van der Waals surface area contributed by atoms with Crippen molar-refractivity contribution in [3.63, 3.8) is 0 Å². The van der Waals surface area contributed by atoms with E-state index in [0.29, 0.717) is 10.9 Å². The highest BCUT2D eigenvalue weighted by Gasteiger charge is 2.17. The minimum atomic E-state index is -0.514. The van der Waals surface area contributed by atoms with Gasteiger partial charge in [0.1, 0.15) is 12.1 Å². The minimum Gasteiger partial charge on any atom is -0.440 e. The lowest BCUT2D eigenvalue weighted by Gasteiger charge is -2.10. The average molecular weight is 281 g/mol. The number of nitrogens with two attached hydrogens (primary N) is 1. The summed E-state index contributed by atoms with van der Waals surface area (Å²) < 4.78 is 18.0. The van der Waals surface area contributed by atoms with Gasteiger partial charge in [-0.05, 0) is 25.1 Å². The van der Waals surface area contributed by atoms with Crippen LogP contribution < -0.4 is 11.1 Å². The van der Waals surface area contributed by atoms with E-state index in [1.807, 2.05) is 0 Å². The number of hydrogen-bond acceptors (Lipinski definition) is 5. The van der Waals surface area contributed by atoms with Crippen LogP contribution in [0.1, 0.15) is 6.92 Å². The normalized spacial score (nSPS) is 12.1. The first-order chi connectivity index (χ1) is 9.06. The summed E-state index contributed by atoms with van der Waals surface area (Å²) in [5, 5.41) is 2.67. The summed E-state index contributed by atoms with van der Waals surface area (Å²) in [6, 6.07) is 4.03. The number of oxazole rings is 1. The van der Waals surface area contributed by atoms with Crippen LogP contribution in [0.3, 0.4) is 0 Å². The zero-order chi connectivity index (χ0) is 13.8. The Balaban J connectivity index is 1.98. The Kier molecular flexibility index (Phi) is 4.06. The molecule has 0 spiro atoms. The molecule has 1 unspecified atom stereocenters. The second-order valence-electron chi connectivity index (χ2n) is 3.78. The zero-order valence-corrected chi connectivity index (χ0v) is 10.9. The van der Waals surface area contributed by atoms with Crippen LogP contribution >= 0.6 is 11.8 Å². The molecule has 100 valence electrons. The number of carbonyl (C=O) groups is 1. The molecule has 0 bridgehead atoms. The molecule has 0 saturated heterocycles. The number of anilines is 2. The molecule has 19 heavy (non-hydrogen) atoms. The molecule has 1 atom stereocenters. The zero-order valence-electron chi connectivity index (χ0n) is 10.1. The van der Waals surface area contributed by atoms with Crippen LogP contribution in [0.5, 0.6) is 0 Å². The van der Waals surface area contributed by atoms with Crippen molar-refractivity contribution < 1.29 is 13.6 Å². The number of halogens is 1. The first-order valence-electron chi connectivity index (χ1n) is 5.48. The van der Waals surface area contributed by atoms with Gasteiger partial charge in [0.05, 0.1) is 17.1 Å². The molecule has 0 aliphatic carbocycles. The van der Waals surface area contributed by atoms with Crippen molar-refractivity contribution in [2.75, 3.05) is 11.1 Å². The third kappa shape index (κ3) is 3.47. The van der Waals surface area contributed by atoms with Gasteiger partial charge in [0, 0.05) is 5.69 Å². The Bertz CT molecular complexity index is 574. The summed E-state index contributed by atoms with van der Waals surface area (Å²) in [5.74, 6) is -0.755. The van der Waals surface area contributed by atoms with Gasteiger partial charge in [-0.3, -0.25) is 4.79 Å². The number of nitrogens with one attached hydrogen (secondary N) is 1. The number of nitrogens with zero attached hydrogens (tertiary/aromatic N) is 1. The Hall–Kier alpha value is -2.02. The van der Waals surface area contributed by atoms with Gasteiger partial charge < -0.3 is 15.5 Å². The molecule has 0 saturated carbocycles. The van der Waals surface area contributed by atoms with E-state index in [1.54, 1.807) is 6.92 Å². The lowest BCUT2D eigenvalue weighted by molar-refractivity contribution is -0.115. The number of amides is 1. The molecule has 7 heteroatoms. The summed E-state index contributed by atoms with van der Waals surface area (Å²) in [6.07, 6.45) is 2.95. The van der Waals surface area contributed by atoms with Gasteiger partial charge in [0.25, 0.3) is 5.22 Å². The maximum Gasteiger partial charge on any atom is 0.256 e. The van der Waals surface area contributed by atoms with Crippen molar-refractivity contribution in [1.29, 1.82) is 0 Å². The number of benzene rings is 1. The molecule has 0 radical (unpaired) electrons. The summed E-state index contributed by atoms with van der Waals surface area (Å²) in [5.41, 5.74) is 5.87. The van der Waals surface area contributed by atoms with Crippen LogP contribution in [-0.2, 0) is 4.79 Å². The van der Waals surface area contributed by atoms with E-state index >= 15 is 0 Å². The molecule has 2 rings (SSSR count). The second-order valence-corrected chi connectivity index (χ2v) is 5.08. The van der Waals surface area contributed by atoms with Gasteiger partial charge in [0.15, 0.2) is 0 Å². The number of aromatic nitrogens is 1. The predicted octanol–water partition coefficient (Wildman–Crippen LogP) is 2.52. The van der Waals surface area contributed by atoms with E-state index in [-0.39, 0.29) is 11.6 Å². The van der Waals surface area contributed by atoms with Crippen molar-refractivity contribution in [2.45, 2.75) is 17.4 Å². The molecule has 0 aliphatic heterocycles. The van der Waals surface area contributed by atoms with Gasteiger partial charge in [-0.1, -0.05) is 11.8 Å². The van der Waals surface area contributed by atoms with E-state index in [2.05, 4.69) is 10.3 Å². The average Bonchev–Trinajstić information content (AvgIpc) is 2.86. The molecule has 1 aromatic heterocycles. The van der Waals surface area contributed by atoms with E-state index in [0.717, 1.165) is 0 Å². The van der Waals surface area contributed by atoms with Crippen LogP contribution in [0.15, 0.2) is 40.3 Å². The molecule has 2 aromatic rings. The first kappa shape index (κ1) is 13.4. The predicted molar refractivity (Wildman–Crippen MR) is 71.3 cm³/mol. The Morgan fingerprint density at radius 2 is 2.37 bits per heavy atom. The van der Waals surface area contributed by atoms with Crippen LogP contribution in [0.4, 0.5) is 15.8 Å². The third-order valence-corrected chi connectivity index (χ3v) is 3.29. The van der Waals surface area contributed by atoms with E-state index in [4.69, 9.17) is 10.2 Å². The van der Waals surface area contributed by atoms with Crippen molar-refractivity contribution >= 4 is 29.0 Å². The summed E-state index contributed by atoms with van der Waals surface area (Å²) in [7, 11) is 0. The number of thioether (sulfide) groups is 1. The molecule has 1 amide bonds. The SMILES string of the molecule is CC(Sc1ncco1)C(=O)Nc1ccc(F)c(N)c1. The fourth-order valence-corrected chi connectivity index (χ4v) is 2.04. The Morgan fingerprint density at radius 1 is 1.58 bits per heavy atom. The number of carbonyl (C=O) groups excluding carboxylic acids is 1. The highest BCUT2D eigenvalue weighted by molar-refractivity contribution is 8.00. The maximum atomic E-state index is 13.0. The van der Waals surface area contributed by atoms with Gasteiger partial charge in [-0.2, -0.15) is 0 Å². The van der Waals surface area contributed by atoms with Crippen molar-refractivity contribution in [3.05, 3.63) is 36.5 Å². The molecule has 5 nitrogen and oxygen atoms in total. The second kappa shape index (κ2) is 5.75. The van der Waals surface area contributed by atoms with Crippen molar-refractivity contribution in [3.8, 4) is 0 Å². The molecule has 0 fully saturated rings. The summed E-state index contributed by atoms with van der Waals surface area (Å²) >= 11 is 1.19. The number of hydrogen-bond donors (Lipinski definition) is 2. The van der Waals surface area contributed by atoms with Gasteiger partial charge in [-0.15, -0.1) is 0 Å². The largest absolute Gasteiger partial charge is 0.440 e. The van der Waals surface area contributed by atoms with Crippen LogP contribution in [0.2, 0.25) is 0 Å². The monoisotopic (exact) mass is 281 g/mol. The first-order valence-corrected chi connectivity index (χ1v) is 6.36. The van der Waals surface area contributed by atoms with Crippen LogP contribution in [0, 0.1) is 5.82 Å². The fraction of sp³-hybridized carbons (Fsp3) is 0.167. The van der Waals surface area contributed by atoms with Gasteiger partial charge in [-0.25, -0.2) is 9.37 Å². The molecule has 1 heterocycles. The Labute approximate surface area is 113 Å². The van der Waals surface area contributed by atoms with Gasteiger partial charge in [0.2, 0.25) is 5.91 Å².